The molecular weight excluding hydrogens is 276 g/mol. The summed E-state index contributed by atoms with van der Waals surface area (Å²) < 4.78 is 10.5. The highest BCUT2D eigenvalue weighted by molar-refractivity contribution is 6.37. The van der Waals surface area contributed by atoms with Gasteiger partial charge in [-0.05, 0) is 30.3 Å². The van der Waals surface area contributed by atoms with Gasteiger partial charge in [0.05, 0.1) is 17.5 Å². The van der Waals surface area contributed by atoms with Gasteiger partial charge in [0.2, 0.25) is 0 Å². The van der Waals surface area contributed by atoms with E-state index in [0.29, 0.717) is 21.6 Å². The molecule has 0 saturated carbocycles. The molecule has 0 bridgehead atoms. The van der Waals surface area contributed by atoms with Crippen LogP contribution in [-0.2, 0) is 0 Å². The summed E-state index contributed by atoms with van der Waals surface area (Å²) in [5.41, 5.74) is 0.342. The third kappa shape index (κ3) is 2.06. The van der Waals surface area contributed by atoms with Crippen LogP contribution in [0.2, 0.25) is 5.02 Å². The molecule has 0 N–H and O–H groups in total. The molecule has 0 spiro atoms. The molecule has 0 fully saturated rings. The first-order valence-electron chi connectivity index (χ1n) is 6.06. The summed E-state index contributed by atoms with van der Waals surface area (Å²) in [7, 11) is 1.60. The highest BCUT2D eigenvalue weighted by Crippen LogP contribution is 2.33. The van der Waals surface area contributed by atoms with Crippen LogP contribution in [0, 0.1) is 0 Å². The molecule has 0 saturated heterocycles. The lowest BCUT2D eigenvalue weighted by molar-refractivity contribution is 0.415. The Morgan fingerprint density at radius 2 is 1.65 bits per heavy atom. The maximum absolute atomic E-state index is 12.0. The molecule has 1 heterocycles. The van der Waals surface area contributed by atoms with Crippen molar-refractivity contribution < 1.29 is 9.15 Å². The van der Waals surface area contributed by atoms with Gasteiger partial charge in [-0.15, -0.1) is 0 Å². The van der Waals surface area contributed by atoms with Crippen molar-refractivity contribution in [3.63, 3.8) is 0 Å². The number of methoxy groups -OCH3 is 1. The van der Waals surface area contributed by atoms with E-state index in [1.54, 1.807) is 43.5 Å². The van der Waals surface area contributed by atoms with Crippen molar-refractivity contribution in [3.05, 3.63) is 64.0 Å². The van der Waals surface area contributed by atoms with Gasteiger partial charge in [-0.25, -0.2) is 4.79 Å². The fraction of sp³-hybridized carbons (Fsp3) is 0.0625. The molecule has 4 heteroatoms. The Balaban J connectivity index is 2.25. The summed E-state index contributed by atoms with van der Waals surface area (Å²) >= 11 is 6.36. The first kappa shape index (κ1) is 12.8. The maximum Gasteiger partial charge on any atom is 0.344 e. The molecule has 0 aliphatic carbocycles. The molecular formula is C16H11ClO3. The second kappa shape index (κ2) is 5.02. The average Bonchev–Trinajstić information content (AvgIpc) is 2.51. The molecule has 3 nitrogen and oxygen atoms in total. The third-order valence-corrected chi connectivity index (χ3v) is 3.51. The lowest BCUT2D eigenvalue weighted by Gasteiger charge is -2.07. The third-order valence-electron chi connectivity index (χ3n) is 3.13. The molecule has 100 valence electrons. The Labute approximate surface area is 120 Å². The van der Waals surface area contributed by atoms with Crippen LogP contribution >= 0.6 is 11.6 Å². The van der Waals surface area contributed by atoms with E-state index in [1.807, 2.05) is 12.1 Å². The number of hydrogen-bond acceptors (Lipinski definition) is 3. The second-order valence-corrected chi connectivity index (χ2v) is 4.68. The average molecular weight is 287 g/mol. The fourth-order valence-corrected chi connectivity index (χ4v) is 2.41. The summed E-state index contributed by atoms with van der Waals surface area (Å²) in [6, 6.07) is 14.3. The van der Waals surface area contributed by atoms with Gasteiger partial charge in [0, 0.05) is 10.9 Å². The van der Waals surface area contributed by atoms with E-state index in [1.165, 1.54) is 0 Å². The van der Waals surface area contributed by atoms with Crippen LogP contribution in [-0.4, -0.2) is 7.11 Å². The van der Waals surface area contributed by atoms with Crippen molar-refractivity contribution in [2.24, 2.45) is 0 Å². The minimum Gasteiger partial charge on any atom is -0.497 e. The maximum atomic E-state index is 12.0. The van der Waals surface area contributed by atoms with Gasteiger partial charge in [-0.2, -0.15) is 0 Å². The van der Waals surface area contributed by atoms with Crippen molar-refractivity contribution in [1.29, 1.82) is 0 Å². The minimum atomic E-state index is -0.393. The van der Waals surface area contributed by atoms with Crippen molar-refractivity contribution in [2.75, 3.05) is 7.11 Å². The Kier molecular flexibility index (Phi) is 3.20. The van der Waals surface area contributed by atoms with E-state index in [9.17, 15) is 4.79 Å². The SMILES string of the molecule is COc1ccc(-c2oc(=O)c3ccccc3c2Cl)cc1. The molecule has 0 atom stereocenters. The zero-order valence-electron chi connectivity index (χ0n) is 10.7. The molecule has 20 heavy (non-hydrogen) atoms. The zero-order valence-corrected chi connectivity index (χ0v) is 11.5. The van der Waals surface area contributed by atoms with Crippen LogP contribution in [0.15, 0.2) is 57.7 Å². The first-order chi connectivity index (χ1) is 9.70. The number of benzene rings is 2. The van der Waals surface area contributed by atoms with Gasteiger partial charge in [-0.3, -0.25) is 0 Å². The van der Waals surface area contributed by atoms with Crippen molar-refractivity contribution in [3.8, 4) is 17.1 Å². The minimum absolute atomic E-state index is 0.373. The van der Waals surface area contributed by atoms with Crippen molar-refractivity contribution in [1.82, 2.24) is 0 Å². The van der Waals surface area contributed by atoms with Crippen LogP contribution in [0.5, 0.6) is 5.75 Å². The summed E-state index contributed by atoms with van der Waals surface area (Å²) in [4.78, 5) is 12.0. The van der Waals surface area contributed by atoms with E-state index >= 15 is 0 Å². The fourth-order valence-electron chi connectivity index (χ4n) is 2.10. The first-order valence-corrected chi connectivity index (χ1v) is 6.44. The van der Waals surface area contributed by atoms with Crippen LogP contribution in [0.4, 0.5) is 0 Å². The van der Waals surface area contributed by atoms with Crippen LogP contribution in [0.25, 0.3) is 22.1 Å². The van der Waals surface area contributed by atoms with E-state index in [4.69, 9.17) is 20.8 Å². The topological polar surface area (TPSA) is 39.4 Å². The molecule has 3 aromatic rings. The van der Waals surface area contributed by atoms with Crippen molar-refractivity contribution >= 4 is 22.4 Å². The molecule has 0 aliphatic heterocycles. The highest BCUT2D eigenvalue weighted by Gasteiger charge is 2.13. The molecule has 0 amide bonds. The van der Waals surface area contributed by atoms with Crippen LogP contribution < -0.4 is 10.4 Å². The highest BCUT2D eigenvalue weighted by atomic mass is 35.5. The summed E-state index contributed by atoms with van der Waals surface area (Å²) in [5, 5.41) is 1.61. The van der Waals surface area contributed by atoms with Gasteiger partial charge in [-0.1, -0.05) is 29.8 Å². The zero-order chi connectivity index (χ0) is 14.1. The summed E-state index contributed by atoms with van der Waals surface area (Å²) in [5.74, 6) is 1.10. The quantitative estimate of drug-likeness (QED) is 0.711. The largest absolute Gasteiger partial charge is 0.497 e. The van der Waals surface area contributed by atoms with Crippen molar-refractivity contribution in [2.45, 2.75) is 0 Å². The van der Waals surface area contributed by atoms with Gasteiger partial charge in [0.15, 0.2) is 5.76 Å². The predicted octanol–water partition coefficient (Wildman–Crippen LogP) is 4.12. The monoisotopic (exact) mass is 286 g/mol. The number of hydrogen-bond donors (Lipinski definition) is 0. The Bertz CT molecular complexity index is 819. The van der Waals surface area contributed by atoms with Gasteiger partial charge >= 0.3 is 5.63 Å². The Hall–Kier alpha value is -2.26. The molecule has 3 rings (SSSR count). The van der Waals surface area contributed by atoms with E-state index in [0.717, 1.165) is 11.3 Å². The Morgan fingerprint density at radius 1 is 1.00 bits per heavy atom. The van der Waals surface area contributed by atoms with Gasteiger partial charge in [0.25, 0.3) is 0 Å². The van der Waals surface area contributed by atoms with E-state index in [2.05, 4.69) is 0 Å². The number of ether oxygens (including phenoxy) is 1. The lowest BCUT2D eigenvalue weighted by Crippen LogP contribution is -2.01. The molecule has 0 radical (unpaired) electrons. The number of fused-ring (bicyclic) bond motifs is 1. The van der Waals surface area contributed by atoms with Crippen LogP contribution in [0.3, 0.4) is 0 Å². The molecule has 1 aromatic heterocycles. The van der Waals surface area contributed by atoms with E-state index < -0.39 is 5.63 Å². The Morgan fingerprint density at radius 3 is 2.30 bits per heavy atom. The predicted molar refractivity (Wildman–Crippen MR) is 79.5 cm³/mol. The van der Waals surface area contributed by atoms with Gasteiger partial charge < -0.3 is 9.15 Å². The summed E-state index contributed by atoms with van der Waals surface area (Å²) in [6.45, 7) is 0. The summed E-state index contributed by atoms with van der Waals surface area (Å²) in [6.07, 6.45) is 0. The van der Waals surface area contributed by atoms with Gasteiger partial charge in [0.1, 0.15) is 5.75 Å². The smallest absolute Gasteiger partial charge is 0.344 e. The van der Waals surface area contributed by atoms with Crippen LogP contribution in [0.1, 0.15) is 0 Å². The molecule has 2 aromatic carbocycles. The number of rotatable bonds is 2. The lowest BCUT2D eigenvalue weighted by atomic mass is 10.1. The molecule has 0 aliphatic rings. The standard InChI is InChI=1S/C16H11ClO3/c1-19-11-8-6-10(7-9-11)15-14(17)12-4-2-3-5-13(12)16(18)20-15/h2-9H,1H3. The second-order valence-electron chi connectivity index (χ2n) is 4.31. The number of halogens is 1. The normalized spacial score (nSPS) is 10.7. The van der Waals surface area contributed by atoms with E-state index in [-0.39, 0.29) is 0 Å². The molecule has 0 unspecified atom stereocenters.